The maximum Gasteiger partial charge on any atom is 0.160 e. The summed E-state index contributed by atoms with van der Waals surface area (Å²) in [5.74, 6) is 1.37. The van der Waals surface area contributed by atoms with E-state index in [2.05, 4.69) is 13.0 Å². The van der Waals surface area contributed by atoms with Crippen LogP contribution in [0.2, 0.25) is 0 Å². The fourth-order valence-corrected chi connectivity index (χ4v) is 3.91. The maximum absolute atomic E-state index is 8.97. The van der Waals surface area contributed by atoms with Gasteiger partial charge in [0.05, 0.1) is 19.3 Å². The van der Waals surface area contributed by atoms with Gasteiger partial charge in [-0.1, -0.05) is 51.9 Å². The van der Waals surface area contributed by atoms with Crippen molar-refractivity contribution in [3.05, 3.63) is 0 Å². The van der Waals surface area contributed by atoms with E-state index in [-0.39, 0.29) is 12.2 Å². The maximum atomic E-state index is 8.97. The third-order valence-corrected chi connectivity index (χ3v) is 5.55. The minimum absolute atomic E-state index is 0.0000586. The van der Waals surface area contributed by atoms with Gasteiger partial charge in [-0.25, -0.2) is 0 Å². The predicted molar refractivity (Wildman–Crippen MR) is 92.9 cm³/mol. The summed E-state index contributed by atoms with van der Waals surface area (Å²) in [7, 11) is 0. The zero-order valence-corrected chi connectivity index (χ0v) is 15.0. The average Bonchev–Trinajstić information content (AvgIpc) is 2.61. The lowest BCUT2D eigenvalue weighted by Crippen LogP contribution is -2.38. The molecule has 0 N–H and O–H groups in total. The van der Waals surface area contributed by atoms with Crippen molar-refractivity contribution < 1.29 is 9.47 Å². The zero-order chi connectivity index (χ0) is 16.3. The molecule has 1 aliphatic heterocycles. The fourth-order valence-electron chi connectivity index (χ4n) is 3.91. The standard InChI is InChI=1S/C20H35NO2/c1-2-3-4-5-6-7-8-9-18-15-22-20(23-16-18)19-12-10-17(14-21)11-13-19/h17-20H,2-13,15-16H2,1H3. The van der Waals surface area contributed by atoms with E-state index in [1.165, 1.54) is 51.4 Å². The van der Waals surface area contributed by atoms with Gasteiger partial charge in [-0.15, -0.1) is 0 Å². The quantitative estimate of drug-likeness (QED) is 0.531. The van der Waals surface area contributed by atoms with Crippen LogP contribution >= 0.6 is 0 Å². The Morgan fingerprint density at radius 3 is 2.09 bits per heavy atom. The Hall–Kier alpha value is -0.590. The molecule has 132 valence electrons. The van der Waals surface area contributed by atoms with Crippen molar-refractivity contribution in [2.45, 2.75) is 90.3 Å². The van der Waals surface area contributed by atoms with Crippen LogP contribution < -0.4 is 0 Å². The lowest BCUT2D eigenvalue weighted by Gasteiger charge is -2.36. The van der Waals surface area contributed by atoms with Gasteiger partial charge in [-0.05, 0) is 32.1 Å². The Morgan fingerprint density at radius 1 is 0.870 bits per heavy atom. The molecular formula is C20H35NO2. The number of nitriles is 1. The molecule has 1 saturated carbocycles. The largest absolute Gasteiger partial charge is 0.352 e. The number of hydrogen-bond acceptors (Lipinski definition) is 3. The normalized spacial score (nSPS) is 31.7. The first-order valence-electron chi connectivity index (χ1n) is 9.96. The molecule has 0 atom stereocenters. The lowest BCUT2D eigenvalue weighted by molar-refractivity contribution is -0.229. The van der Waals surface area contributed by atoms with Crippen LogP contribution in [-0.2, 0) is 9.47 Å². The SMILES string of the molecule is CCCCCCCCCC1COC(C2CCC(C#N)CC2)OC1. The molecule has 2 aliphatic rings. The first-order valence-corrected chi connectivity index (χ1v) is 9.96. The lowest BCUT2D eigenvalue weighted by atomic mass is 9.82. The minimum Gasteiger partial charge on any atom is -0.352 e. The molecule has 1 aliphatic carbocycles. The highest BCUT2D eigenvalue weighted by molar-refractivity contribution is 4.88. The molecule has 0 bridgehead atoms. The Kier molecular flexibility index (Phi) is 9.01. The Morgan fingerprint density at radius 2 is 1.48 bits per heavy atom. The summed E-state index contributed by atoms with van der Waals surface area (Å²) in [4.78, 5) is 0. The Bertz CT molecular complexity index is 336. The molecule has 0 unspecified atom stereocenters. The minimum atomic E-state index is -0.0000586. The van der Waals surface area contributed by atoms with Crippen molar-refractivity contribution in [1.29, 1.82) is 5.26 Å². The van der Waals surface area contributed by atoms with E-state index in [1.807, 2.05) is 0 Å². The Balaban J connectivity index is 1.50. The predicted octanol–water partition coefficient (Wildman–Crippen LogP) is 5.45. The van der Waals surface area contributed by atoms with Gasteiger partial charge in [0, 0.05) is 17.8 Å². The molecule has 0 aromatic carbocycles. The molecule has 23 heavy (non-hydrogen) atoms. The Labute approximate surface area is 142 Å². The topological polar surface area (TPSA) is 42.2 Å². The number of nitrogens with zero attached hydrogens (tertiary/aromatic N) is 1. The van der Waals surface area contributed by atoms with Crippen LogP contribution in [-0.4, -0.2) is 19.5 Å². The van der Waals surface area contributed by atoms with Gasteiger partial charge in [-0.2, -0.15) is 5.26 Å². The van der Waals surface area contributed by atoms with Gasteiger partial charge in [0.1, 0.15) is 0 Å². The molecule has 0 amide bonds. The van der Waals surface area contributed by atoms with Gasteiger partial charge in [0.15, 0.2) is 6.29 Å². The first-order chi connectivity index (χ1) is 11.3. The van der Waals surface area contributed by atoms with Gasteiger partial charge in [0.25, 0.3) is 0 Å². The zero-order valence-electron chi connectivity index (χ0n) is 15.0. The fraction of sp³-hybridized carbons (Fsp3) is 0.950. The molecule has 3 heteroatoms. The second kappa shape index (κ2) is 11.0. The van der Waals surface area contributed by atoms with Crippen molar-refractivity contribution in [3.63, 3.8) is 0 Å². The number of ether oxygens (including phenoxy) is 2. The van der Waals surface area contributed by atoms with E-state index < -0.39 is 0 Å². The third-order valence-electron chi connectivity index (χ3n) is 5.55. The van der Waals surface area contributed by atoms with Crippen LogP contribution in [0.15, 0.2) is 0 Å². The van der Waals surface area contributed by atoms with Crippen LogP contribution in [0, 0.1) is 29.1 Å². The van der Waals surface area contributed by atoms with Crippen LogP contribution in [0.3, 0.4) is 0 Å². The van der Waals surface area contributed by atoms with Gasteiger partial charge in [-0.3, -0.25) is 0 Å². The van der Waals surface area contributed by atoms with Crippen LogP contribution in [0.1, 0.15) is 84.0 Å². The smallest absolute Gasteiger partial charge is 0.160 e. The van der Waals surface area contributed by atoms with Gasteiger partial charge < -0.3 is 9.47 Å². The van der Waals surface area contributed by atoms with E-state index in [0.29, 0.717) is 11.8 Å². The molecule has 0 aromatic rings. The molecule has 1 heterocycles. The summed E-state index contributed by atoms with van der Waals surface area (Å²) in [6, 6.07) is 2.40. The molecule has 0 radical (unpaired) electrons. The highest BCUT2D eigenvalue weighted by Crippen LogP contribution is 2.34. The van der Waals surface area contributed by atoms with E-state index >= 15 is 0 Å². The van der Waals surface area contributed by atoms with Gasteiger partial charge in [0.2, 0.25) is 0 Å². The molecule has 2 fully saturated rings. The molecule has 3 nitrogen and oxygen atoms in total. The summed E-state index contributed by atoms with van der Waals surface area (Å²) >= 11 is 0. The molecular weight excluding hydrogens is 286 g/mol. The molecule has 0 spiro atoms. The second-order valence-electron chi connectivity index (χ2n) is 7.55. The van der Waals surface area contributed by atoms with E-state index in [0.717, 1.165) is 38.9 Å². The van der Waals surface area contributed by atoms with Crippen molar-refractivity contribution in [3.8, 4) is 6.07 Å². The monoisotopic (exact) mass is 321 g/mol. The van der Waals surface area contributed by atoms with Crippen LogP contribution in [0.5, 0.6) is 0 Å². The average molecular weight is 322 g/mol. The van der Waals surface area contributed by atoms with E-state index in [1.54, 1.807) is 0 Å². The summed E-state index contributed by atoms with van der Waals surface area (Å²) in [6.45, 7) is 4.02. The summed E-state index contributed by atoms with van der Waals surface area (Å²) in [5.41, 5.74) is 0. The number of rotatable bonds is 9. The van der Waals surface area contributed by atoms with Crippen LogP contribution in [0.4, 0.5) is 0 Å². The molecule has 0 aromatic heterocycles. The van der Waals surface area contributed by atoms with Crippen molar-refractivity contribution in [2.75, 3.05) is 13.2 Å². The van der Waals surface area contributed by atoms with Crippen molar-refractivity contribution >= 4 is 0 Å². The van der Waals surface area contributed by atoms with E-state index in [9.17, 15) is 0 Å². The number of hydrogen-bond donors (Lipinski definition) is 0. The summed E-state index contributed by atoms with van der Waals surface area (Å²) in [6.07, 6.45) is 15.1. The van der Waals surface area contributed by atoms with Crippen LogP contribution in [0.25, 0.3) is 0 Å². The van der Waals surface area contributed by atoms with Crippen molar-refractivity contribution in [1.82, 2.24) is 0 Å². The molecule has 1 saturated heterocycles. The summed E-state index contributed by atoms with van der Waals surface area (Å²) < 4.78 is 12.0. The highest BCUT2D eigenvalue weighted by atomic mass is 16.7. The number of unbranched alkanes of at least 4 members (excludes halogenated alkanes) is 6. The second-order valence-corrected chi connectivity index (χ2v) is 7.55. The molecule has 2 rings (SSSR count). The van der Waals surface area contributed by atoms with E-state index in [4.69, 9.17) is 14.7 Å². The summed E-state index contributed by atoms with van der Waals surface area (Å²) in [5, 5.41) is 8.97. The third kappa shape index (κ3) is 6.81. The van der Waals surface area contributed by atoms with Gasteiger partial charge >= 0.3 is 0 Å². The van der Waals surface area contributed by atoms with Crippen molar-refractivity contribution in [2.24, 2.45) is 17.8 Å². The first kappa shape index (κ1) is 18.7. The highest BCUT2D eigenvalue weighted by Gasteiger charge is 2.32.